The van der Waals surface area contributed by atoms with Crippen LogP contribution in [0.15, 0.2) is 59.1 Å². The first-order valence-electron chi connectivity index (χ1n) is 8.38. The van der Waals surface area contributed by atoms with Crippen molar-refractivity contribution >= 4 is 23.3 Å². The summed E-state index contributed by atoms with van der Waals surface area (Å²) in [6.45, 7) is 1.90. The number of carbonyl (C=O) groups is 1. The summed E-state index contributed by atoms with van der Waals surface area (Å²) in [4.78, 5) is 14.7. The highest BCUT2D eigenvalue weighted by atomic mass is 35.5. The van der Waals surface area contributed by atoms with E-state index in [1.165, 1.54) is 6.07 Å². The first kappa shape index (κ1) is 19.1. The minimum Gasteiger partial charge on any atom is -0.360 e. The molecule has 0 saturated carbocycles. The van der Waals surface area contributed by atoms with Gasteiger partial charge in [-0.05, 0) is 31.7 Å². The van der Waals surface area contributed by atoms with E-state index in [1.54, 1.807) is 37.1 Å². The molecule has 1 atom stereocenters. The second kappa shape index (κ2) is 8.33. The zero-order chi connectivity index (χ0) is 19.4. The van der Waals surface area contributed by atoms with Gasteiger partial charge < -0.3 is 9.84 Å². The maximum Gasteiger partial charge on any atom is 0.247 e. The summed E-state index contributed by atoms with van der Waals surface area (Å²) in [5.74, 6) is 0.210. The number of nitrogens with one attached hydrogen (secondary N) is 1. The molecule has 1 amide bonds. The lowest BCUT2D eigenvalue weighted by atomic mass is 10.0. The molecule has 5 nitrogen and oxygen atoms in total. The molecule has 0 aliphatic carbocycles. The van der Waals surface area contributed by atoms with E-state index >= 15 is 0 Å². The lowest BCUT2D eigenvalue weighted by Crippen LogP contribution is -2.34. The van der Waals surface area contributed by atoms with Crippen molar-refractivity contribution in [3.63, 3.8) is 0 Å². The Morgan fingerprint density at radius 3 is 2.63 bits per heavy atom. The van der Waals surface area contributed by atoms with Crippen LogP contribution in [0, 0.1) is 12.7 Å². The van der Waals surface area contributed by atoms with Crippen LogP contribution in [0.3, 0.4) is 0 Å². The third-order valence-electron chi connectivity index (χ3n) is 4.15. The number of anilines is 1. The largest absolute Gasteiger partial charge is 0.360 e. The molecular formula is C20H19ClFN3O2. The Morgan fingerprint density at radius 1 is 1.26 bits per heavy atom. The van der Waals surface area contributed by atoms with Crippen molar-refractivity contribution in [1.82, 2.24) is 10.1 Å². The third-order valence-corrected chi connectivity index (χ3v) is 4.51. The zero-order valence-corrected chi connectivity index (χ0v) is 15.7. The fourth-order valence-electron chi connectivity index (χ4n) is 2.89. The Hall–Kier alpha value is -2.70. The number of halogens is 2. The number of benzene rings is 2. The summed E-state index contributed by atoms with van der Waals surface area (Å²) in [6.07, 6.45) is 0. The number of nitrogens with zero attached hydrogens (tertiary/aromatic N) is 2. The molecule has 7 heteroatoms. The van der Waals surface area contributed by atoms with Gasteiger partial charge in [0.2, 0.25) is 5.91 Å². The van der Waals surface area contributed by atoms with E-state index in [0.29, 0.717) is 22.2 Å². The first-order valence-corrected chi connectivity index (χ1v) is 8.75. The van der Waals surface area contributed by atoms with Gasteiger partial charge in [-0.2, -0.15) is 0 Å². The van der Waals surface area contributed by atoms with Gasteiger partial charge in [-0.25, -0.2) is 4.39 Å². The second-order valence-electron chi connectivity index (χ2n) is 6.24. The van der Waals surface area contributed by atoms with E-state index in [2.05, 4.69) is 10.5 Å². The fraction of sp³-hybridized carbons (Fsp3) is 0.200. The molecule has 0 fully saturated rings. The molecule has 1 N–H and O–H groups in total. The van der Waals surface area contributed by atoms with Gasteiger partial charge in [-0.3, -0.25) is 9.69 Å². The summed E-state index contributed by atoms with van der Waals surface area (Å²) in [5, 5.41) is 6.86. The summed E-state index contributed by atoms with van der Waals surface area (Å²) >= 11 is 6.15. The number of rotatable bonds is 6. The normalized spacial score (nSPS) is 12.2. The molecule has 0 aliphatic rings. The fourth-order valence-corrected chi connectivity index (χ4v) is 3.11. The minimum absolute atomic E-state index is 0.163. The van der Waals surface area contributed by atoms with Crippen LogP contribution in [0.1, 0.15) is 22.9 Å². The van der Waals surface area contributed by atoms with E-state index in [4.69, 9.17) is 16.1 Å². The average molecular weight is 388 g/mol. The number of hydrogen-bond acceptors (Lipinski definition) is 4. The standard InChI is InChI=1S/C20H19ClFN3O2/c1-13-11-18(24-27-13)23-20(26)19(14-7-4-3-5-8-14)25(2)12-15-16(21)9-6-10-17(15)22/h3-11,19H,12H2,1-2H3,(H,23,24,26)/t19-/m1/s1. The van der Waals surface area contributed by atoms with Gasteiger partial charge >= 0.3 is 0 Å². The van der Waals surface area contributed by atoms with Crippen LogP contribution < -0.4 is 5.32 Å². The van der Waals surface area contributed by atoms with Crippen molar-refractivity contribution in [2.24, 2.45) is 0 Å². The molecule has 0 spiro atoms. The third kappa shape index (κ3) is 4.53. The lowest BCUT2D eigenvalue weighted by molar-refractivity contribution is -0.121. The van der Waals surface area contributed by atoms with E-state index in [0.717, 1.165) is 5.56 Å². The Balaban J connectivity index is 1.88. The molecule has 3 aromatic rings. The Labute approximate surface area is 161 Å². The second-order valence-corrected chi connectivity index (χ2v) is 6.65. The lowest BCUT2D eigenvalue weighted by Gasteiger charge is -2.27. The number of aryl methyl sites for hydroxylation is 1. The molecule has 0 saturated heterocycles. The van der Waals surface area contributed by atoms with Crippen molar-refractivity contribution in [3.05, 3.63) is 82.3 Å². The van der Waals surface area contributed by atoms with Crippen LogP contribution in [0.4, 0.5) is 10.2 Å². The molecule has 140 valence electrons. The van der Waals surface area contributed by atoms with Gasteiger partial charge in [0, 0.05) is 23.2 Å². The molecular weight excluding hydrogens is 369 g/mol. The molecule has 0 radical (unpaired) electrons. The molecule has 0 unspecified atom stereocenters. The maximum atomic E-state index is 14.2. The molecule has 3 rings (SSSR count). The summed E-state index contributed by atoms with van der Waals surface area (Å²) in [6, 6.07) is 14.7. The van der Waals surface area contributed by atoms with Crippen LogP contribution in [0.5, 0.6) is 0 Å². The van der Waals surface area contributed by atoms with E-state index < -0.39 is 11.9 Å². The van der Waals surface area contributed by atoms with E-state index in [1.807, 2.05) is 30.3 Å². The van der Waals surface area contributed by atoms with Crippen molar-refractivity contribution in [3.8, 4) is 0 Å². The van der Waals surface area contributed by atoms with Crippen LogP contribution in [0.2, 0.25) is 5.02 Å². The minimum atomic E-state index is -0.668. The van der Waals surface area contributed by atoms with E-state index in [-0.39, 0.29) is 12.5 Å². The van der Waals surface area contributed by atoms with Gasteiger partial charge in [-0.15, -0.1) is 0 Å². The van der Waals surface area contributed by atoms with Gasteiger partial charge in [0.1, 0.15) is 17.6 Å². The van der Waals surface area contributed by atoms with Crippen molar-refractivity contribution in [2.45, 2.75) is 19.5 Å². The van der Waals surface area contributed by atoms with Gasteiger partial charge in [0.15, 0.2) is 5.82 Å². The number of hydrogen-bond donors (Lipinski definition) is 1. The molecule has 0 aliphatic heterocycles. The molecule has 1 aromatic heterocycles. The quantitative estimate of drug-likeness (QED) is 0.672. The number of likely N-dealkylation sites (N-methyl/N-ethyl adjacent to an activating group) is 1. The molecule has 2 aromatic carbocycles. The van der Waals surface area contributed by atoms with E-state index in [9.17, 15) is 9.18 Å². The predicted octanol–water partition coefficient (Wildman–Crippen LogP) is 4.59. The van der Waals surface area contributed by atoms with Crippen LogP contribution in [-0.4, -0.2) is 23.0 Å². The van der Waals surface area contributed by atoms with Gasteiger partial charge in [0.25, 0.3) is 0 Å². The first-order chi connectivity index (χ1) is 13.0. The predicted molar refractivity (Wildman–Crippen MR) is 102 cm³/mol. The summed E-state index contributed by atoms with van der Waals surface area (Å²) in [7, 11) is 1.74. The van der Waals surface area contributed by atoms with Crippen LogP contribution in [0.25, 0.3) is 0 Å². The van der Waals surface area contributed by atoms with Crippen molar-refractivity contribution in [2.75, 3.05) is 12.4 Å². The highest BCUT2D eigenvalue weighted by molar-refractivity contribution is 6.31. The average Bonchev–Trinajstić information content (AvgIpc) is 3.04. The van der Waals surface area contributed by atoms with Crippen LogP contribution in [-0.2, 0) is 11.3 Å². The molecule has 27 heavy (non-hydrogen) atoms. The van der Waals surface area contributed by atoms with Gasteiger partial charge in [-0.1, -0.05) is 53.2 Å². The maximum absolute atomic E-state index is 14.2. The summed E-state index contributed by atoms with van der Waals surface area (Å²) in [5.41, 5.74) is 1.11. The molecule has 0 bridgehead atoms. The zero-order valence-electron chi connectivity index (χ0n) is 14.9. The number of aromatic nitrogens is 1. The highest BCUT2D eigenvalue weighted by Crippen LogP contribution is 2.27. The van der Waals surface area contributed by atoms with Crippen LogP contribution >= 0.6 is 11.6 Å². The number of carbonyl (C=O) groups excluding carboxylic acids is 1. The Morgan fingerprint density at radius 2 is 2.00 bits per heavy atom. The smallest absolute Gasteiger partial charge is 0.247 e. The Kier molecular flexibility index (Phi) is 5.88. The van der Waals surface area contributed by atoms with Gasteiger partial charge in [0.05, 0.1) is 0 Å². The Bertz CT molecular complexity index is 910. The number of amides is 1. The summed E-state index contributed by atoms with van der Waals surface area (Å²) < 4.78 is 19.2. The topological polar surface area (TPSA) is 58.4 Å². The SMILES string of the molecule is Cc1cc(NC(=O)[C@@H](c2ccccc2)N(C)Cc2c(F)cccc2Cl)no1. The highest BCUT2D eigenvalue weighted by Gasteiger charge is 2.27. The molecule has 1 heterocycles. The monoisotopic (exact) mass is 387 g/mol. The van der Waals surface area contributed by atoms with Crippen molar-refractivity contribution in [1.29, 1.82) is 0 Å². The van der Waals surface area contributed by atoms with Crippen molar-refractivity contribution < 1.29 is 13.7 Å².